The van der Waals surface area contributed by atoms with Crippen molar-refractivity contribution in [3.63, 3.8) is 0 Å². The molecule has 5 heteroatoms. The van der Waals surface area contributed by atoms with Crippen LogP contribution in [0.5, 0.6) is 0 Å². The van der Waals surface area contributed by atoms with Gasteiger partial charge in [-0.3, -0.25) is 4.40 Å². The van der Waals surface area contributed by atoms with E-state index < -0.39 is 0 Å². The van der Waals surface area contributed by atoms with Crippen LogP contribution in [0.3, 0.4) is 0 Å². The monoisotopic (exact) mass is 679 g/mol. The predicted octanol–water partition coefficient (Wildman–Crippen LogP) is 11.6. The molecule has 0 saturated carbocycles. The predicted molar refractivity (Wildman–Crippen MR) is 216 cm³/mol. The lowest BCUT2D eigenvalue weighted by Gasteiger charge is -2.16. The third-order valence-corrected chi connectivity index (χ3v) is 10.2. The first-order valence-electron chi connectivity index (χ1n) is 18.0. The number of rotatable bonds is 6. The van der Waals surface area contributed by atoms with E-state index in [1.54, 1.807) is 0 Å². The maximum atomic E-state index is 5.21. The number of aryl methyl sites for hydroxylation is 1. The third-order valence-electron chi connectivity index (χ3n) is 10.2. The van der Waals surface area contributed by atoms with Crippen LogP contribution in [0.15, 0.2) is 170 Å². The maximum Gasteiger partial charge on any atom is 0.165 e. The fourth-order valence-corrected chi connectivity index (χ4v) is 7.39. The molecule has 0 amide bonds. The van der Waals surface area contributed by atoms with E-state index in [2.05, 4.69) is 132 Å². The van der Waals surface area contributed by atoms with Gasteiger partial charge in [0.1, 0.15) is 11.2 Å². The van der Waals surface area contributed by atoms with Crippen LogP contribution in [0.2, 0.25) is 0 Å². The van der Waals surface area contributed by atoms with Gasteiger partial charge in [-0.05, 0) is 58.9 Å². The Hall–Kier alpha value is -6.98. The summed E-state index contributed by atoms with van der Waals surface area (Å²) in [5.41, 5.74) is 16.9. The van der Waals surface area contributed by atoms with Gasteiger partial charge in [0.05, 0.1) is 17.1 Å². The topological polar surface area (TPSA) is 56.0 Å². The van der Waals surface area contributed by atoms with Gasteiger partial charge < -0.3 is 0 Å². The van der Waals surface area contributed by atoms with Gasteiger partial charge in [-0.15, -0.1) is 0 Å². The summed E-state index contributed by atoms with van der Waals surface area (Å²) in [6.07, 6.45) is 8.50. The Morgan fingerprint density at radius 2 is 0.981 bits per heavy atom. The van der Waals surface area contributed by atoms with Crippen molar-refractivity contribution in [1.29, 1.82) is 0 Å². The maximum absolute atomic E-state index is 5.21. The molecule has 0 saturated heterocycles. The first kappa shape index (κ1) is 30.8. The van der Waals surface area contributed by atoms with Crippen LogP contribution in [-0.2, 0) is 6.42 Å². The Labute approximate surface area is 307 Å². The van der Waals surface area contributed by atoms with Crippen LogP contribution >= 0.6 is 0 Å². The van der Waals surface area contributed by atoms with Gasteiger partial charge in [-0.2, -0.15) is 0 Å². The number of hydrogen-bond acceptors (Lipinski definition) is 4. The second-order valence-corrected chi connectivity index (χ2v) is 13.4. The van der Waals surface area contributed by atoms with Gasteiger partial charge >= 0.3 is 0 Å². The van der Waals surface area contributed by atoms with E-state index in [-0.39, 0.29) is 0 Å². The van der Waals surface area contributed by atoms with Gasteiger partial charge in [0, 0.05) is 34.0 Å². The van der Waals surface area contributed by atoms with Crippen molar-refractivity contribution >= 4 is 22.9 Å². The molecule has 4 aromatic heterocycles. The summed E-state index contributed by atoms with van der Waals surface area (Å²) in [5, 5.41) is 0. The molecule has 1 aliphatic carbocycles. The van der Waals surface area contributed by atoms with Crippen LogP contribution in [0, 0.1) is 0 Å². The highest BCUT2D eigenvalue weighted by molar-refractivity contribution is 5.90. The Bertz CT molecular complexity index is 2780. The van der Waals surface area contributed by atoms with E-state index in [0.29, 0.717) is 5.82 Å². The summed E-state index contributed by atoms with van der Waals surface area (Å²) in [6.45, 7) is 0. The quantitative estimate of drug-likeness (QED) is 0.175. The van der Waals surface area contributed by atoms with Crippen molar-refractivity contribution in [3.05, 3.63) is 181 Å². The lowest BCUT2D eigenvalue weighted by Crippen LogP contribution is -2.02. The summed E-state index contributed by atoms with van der Waals surface area (Å²) < 4.78 is 2.10. The summed E-state index contributed by atoms with van der Waals surface area (Å²) in [5.74, 6) is 0.706. The standard InChI is InChI=1S/C48H33N5/c1-3-11-32(12-4-1)33-18-24-36(25-19-33)42-31-43(50-47(49-42)39-13-5-2-6-14-39)37-26-20-34(21-27-37)35-22-28-38(29-23-35)45-40-15-7-8-16-41(40)46-48(52-45)53-30-10-9-17-44(53)51-46/h1-7,9-15,17-31H,8,16H2. The normalized spacial score (nSPS) is 12.3. The lowest BCUT2D eigenvalue weighted by molar-refractivity contribution is 0.989. The van der Waals surface area contributed by atoms with Gasteiger partial charge in [-0.1, -0.05) is 152 Å². The zero-order valence-electron chi connectivity index (χ0n) is 28.9. The molecule has 0 radical (unpaired) electrons. The van der Waals surface area contributed by atoms with Crippen molar-refractivity contribution in [1.82, 2.24) is 24.3 Å². The zero-order chi connectivity index (χ0) is 35.1. The molecule has 0 unspecified atom stereocenters. The molecule has 0 fully saturated rings. The van der Waals surface area contributed by atoms with Crippen molar-refractivity contribution < 1.29 is 0 Å². The number of fused-ring (bicyclic) bond motifs is 5. The molecule has 0 N–H and O–H groups in total. The van der Waals surface area contributed by atoms with E-state index in [9.17, 15) is 0 Å². The second-order valence-electron chi connectivity index (χ2n) is 13.4. The van der Waals surface area contributed by atoms with Crippen LogP contribution in [0.4, 0.5) is 0 Å². The number of aromatic nitrogens is 5. The van der Waals surface area contributed by atoms with Gasteiger partial charge in [-0.25, -0.2) is 19.9 Å². The molecule has 0 atom stereocenters. The number of benzene rings is 5. The van der Waals surface area contributed by atoms with Gasteiger partial charge in [0.25, 0.3) is 0 Å². The Morgan fingerprint density at radius 3 is 1.60 bits per heavy atom. The highest BCUT2D eigenvalue weighted by Crippen LogP contribution is 2.36. The highest BCUT2D eigenvalue weighted by atomic mass is 15.1. The molecule has 53 heavy (non-hydrogen) atoms. The van der Waals surface area contributed by atoms with Crippen molar-refractivity contribution in [3.8, 4) is 67.4 Å². The average Bonchev–Trinajstić information content (AvgIpc) is 3.63. The van der Waals surface area contributed by atoms with E-state index in [1.807, 2.05) is 48.7 Å². The molecule has 4 heterocycles. The summed E-state index contributed by atoms with van der Waals surface area (Å²) in [4.78, 5) is 20.3. The van der Waals surface area contributed by atoms with Gasteiger partial charge in [0.15, 0.2) is 11.5 Å². The molecule has 5 aromatic carbocycles. The molecule has 1 aliphatic rings. The minimum absolute atomic E-state index is 0.706. The molecule has 9 aromatic rings. The van der Waals surface area contributed by atoms with Crippen molar-refractivity contribution in [2.24, 2.45) is 0 Å². The number of pyridine rings is 2. The molecule has 0 spiro atoms. The fourth-order valence-electron chi connectivity index (χ4n) is 7.39. The number of nitrogens with zero attached hydrogens (tertiary/aromatic N) is 5. The largest absolute Gasteiger partial charge is 0.284 e. The average molecular weight is 680 g/mol. The van der Waals surface area contributed by atoms with Crippen molar-refractivity contribution in [2.45, 2.75) is 12.8 Å². The Kier molecular flexibility index (Phi) is 7.54. The second kappa shape index (κ2) is 13.0. The number of imidazole rings is 1. The summed E-state index contributed by atoms with van der Waals surface area (Å²) >= 11 is 0. The summed E-state index contributed by atoms with van der Waals surface area (Å²) in [7, 11) is 0. The fraction of sp³-hybridized carbons (Fsp3) is 0.0417. The van der Waals surface area contributed by atoms with Crippen molar-refractivity contribution in [2.75, 3.05) is 0 Å². The Morgan fingerprint density at radius 1 is 0.453 bits per heavy atom. The first-order valence-corrected chi connectivity index (χ1v) is 18.0. The number of hydrogen-bond donors (Lipinski definition) is 0. The summed E-state index contributed by atoms with van der Waals surface area (Å²) in [6, 6.07) is 54.9. The Balaban J connectivity index is 0.980. The molecule has 10 rings (SSSR count). The SMILES string of the molecule is C1=Cc2c(-c3ccc(-c4ccc(-c5cc(-c6ccc(-c7ccccc7)cc6)nc(-c6ccccc6)n5)cc4)cc3)nc3c(nc4ccccn43)c2CC1. The third kappa shape index (κ3) is 5.69. The minimum atomic E-state index is 0.706. The van der Waals surface area contributed by atoms with E-state index in [1.165, 1.54) is 22.3 Å². The molecule has 250 valence electrons. The smallest absolute Gasteiger partial charge is 0.165 e. The van der Waals surface area contributed by atoms with Gasteiger partial charge in [0.2, 0.25) is 0 Å². The molecule has 0 aliphatic heterocycles. The van der Waals surface area contributed by atoms with E-state index in [4.69, 9.17) is 19.9 Å². The lowest BCUT2D eigenvalue weighted by atomic mass is 9.92. The minimum Gasteiger partial charge on any atom is -0.284 e. The van der Waals surface area contributed by atoms with Crippen LogP contribution < -0.4 is 0 Å². The van der Waals surface area contributed by atoms with Crippen LogP contribution in [0.1, 0.15) is 17.5 Å². The van der Waals surface area contributed by atoms with E-state index >= 15 is 0 Å². The van der Waals surface area contributed by atoms with Crippen LogP contribution in [-0.4, -0.2) is 24.3 Å². The molecule has 0 bridgehead atoms. The highest BCUT2D eigenvalue weighted by Gasteiger charge is 2.20. The van der Waals surface area contributed by atoms with Crippen LogP contribution in [0.25, 0.3) is 90.3 Å². The molecule has 5 nitrogen and oxygen atoms in total. The zero-order valence-corrected chi connectivity index (χ0v) is 28.9. The molecular formula is C48H33N5. The first-order chi connectivity index (χ1) is 26.2. The molecular weight excluding hydrogens is 647 g/mol. The number of allylic oxidation sites excluding steroid dienone is 1. The van der Waals surface area contributed by atoms with E-state index in [0.717, 1.165) is 80.1 Å².